The molecular weight excluding hydrogens is 262 g/mol. The van der Waals surface area contributed by atoms with E-state index >= 15 is 0 Å². The summed E-state index contributed by atoms with van der Waals surface area (Å²) in [5, 5.41) is -0.936. The lowest BCUT2D eigenvalue weighted by molar-refractivity contribution is 0.405. The normalized spacial score (nSPS) is 12.5. The minimum absolute atomic E-state index is 0.113. The first-order valence-corrected chi connectivity index (χ1v) is 5.69. The lowest BCUT2D eigenvalue weighted by Crippen LogP contribution is -2.02. The largest absolute Gasteiger partial charge is 0.497 e. The summed E-state index contributed by atoms with van der Waals surface area (Å²) in [5.41, 5.74) is 0.335. The van der Waals surface area contributed by atoms with E-state index in [2.05, 4.69) is 0 Å². The Morgan fingerprint density at radius 2 is 1.89 bits per heavy atom. The van der Waals surface area contributed by atoms with E-state index in [0.717, 1.165) is 12.1 Å². The summed E-state index contributed by atoms with van der Waals surface area (Å²) < 4.78 is 37.5. The molecule has 1 unspecified atom stereocenters. The highest BCUT2D eigenvalue weighted by atomic mass is 35.5. The van der Waals surface area contributed by atoms with Crippen LogP contribution in [-0.2, 0) is 0 Å². The third-order valence-electron chi connectivity index (χ3n) is 2.71. The van der Waals surface area contributed by atoms with Gasteiger partial charge in [-0.05, 0) is 13.0 Å². The molecular formula is C13H11ClF2O2. The van der Waals surface area contributed by atoms with Gasteiger partial charge in [0, 0.05) is 23.3 Å². The highest BCUT2D eigenvalue weighted by Gasteiger charge is 2.23. The number of benzene rings is 1. The predicted molar refractivity (Wildman–Crippen MR) is 64.1 cm³/mol. The van der Waals surface area contributed by atoms with Crippen molar-refractivity contribution in [2.75, 3.05) is 7.11 Å². The summed E-state index contributed by atoms with van der Waals surface area (Å²) in [5.74, 6) is -0.842. The summed E-state index contributed by atoms with van der Waals surface area (Å²) in [4.78, 5) is 0. The standard InChI is InChI=1S/C13H11ClF2O2/c1-7-9(3-4-18-7)13(14)12-10(15)5-8(17-2)6-11(12)16/h3-6,13H,1-2H3. The second-order valence-corrected chi connectivity index (χ2v) is 4.24. The molecule has 0 amide bonds. The van der Waals surface area contributed by atoms with Crippen LogP contribution >= 0.6 is 11.6 Å². The molecule has 1 heterocycles. The first-order chi connectivity index (χ1) is 8.54. The zero-order valence-electron chi connectivity index (χ0n) is 9.84. The average Bonchev–Trinajstić information content (AvgIpc) is 2.74. The Bertz CT molecular complexity index is 543. The maximum Gasteiger partial charge on any atom is 0.134 e. The molecule has 0 saturated heterocycles. The van der Waals surface area contributed by atoms with Crippen molar-refractivity contribution in [3.63, 3.8) is 0 Å². The maximum atomic E-state index is 13.8. The maximum absolute atomic E-state index is 13.8. The molecule has 1 atom stereocenters. The highest BCUT2D eigenvalue weighted by molar-refractivity contribution is 6.22. The number of rotatable bonds is 3. The molecule has 5 heteroatoms. The van der Waals surface area contributed by atoms with Crippen molar-refractivity contribution in [3.05, 3.63) is 53.0 Å². The quantitative estimate of drug-likeness (QED) is 0.781. The van der Waals surface area contributed by atoms with Gasteiger partial charge in [0.05, 0.1) is 18.8 Å². The molecule has 0 radical (unpaired) electrons. The van der Waals surface area contributed by atoms with Crippen molar-refractivity contribution in [1.82, 2.24) is 0 Å². The summed E-state index contributed by atoms with van der Waals surface area (Å²) in [6.45, 7) is 1.68. The molecule has 2 rings (SSSR count). The van der Waals surface area contributed by atoms with Gasteiger partial charge in [-0.15, -0.1) is 11.6 Å². The van der Waals surface area contributed by atoms with Crippen molar-refractivity contribution in [1.29, 1.82) is 0 Å². The second kappa shape index (κ2) is 4.98. The van der Waals surface area contributed by atoms with Crippen LogP contribution in [-0.4, -0.2) is 7.11 Å². The van der Waals surface area contributed by atoms with Crippen LogP contribution in [0.1, 0.15) is 22.3 Å². The number of furan rings is 1. The van der Waals surface area contributed by atoms with E-state index in [1.165, 1.54) is 13.4 Å². The molecule has 0 N–H and O–H groups in total. The Morgan fingerprint density at radius 3 is 2.33 bits per heavy atom. The molecule has 18 heavy (non-hydrogen) atoms. The third kappa shape index (κ3) is 2.20. The SMILES string of the molecule is COc1cc(F)c(C(Cl)c2ccoc2C)c(F)c1. The van der Waals surface area contributed by atoms with Crippen molar-refractivity contribution in [3.8, 4) is 5.75 Å². The number of alkyl halides is 1. The van der Waals surface area contributed by atoms with Gasteiger partial charge in [0.1, 0.15) is 23.1 Å². The molecule has 2 aromatic rings. The van der Waals surface area contributed by atoms with Crippen molar-refractivity contribution in [2.24, 2.45) is 0 Å². The summed E-state index contributed by atoms with van der Waals surface area (Å²) in [6, 6.07) is 3.79. The lowest BCUT2D eigenvalue weighted by atomic mass is 10.0. The molecule has 2 nitrogen and oxygen atoms in total. The fourth-order valence-electron chi connectivity index (χ4n) is 1.73. The predicted octanol–water partition coefficient (Wildman–Crippen LogP) is 4.20. The van der Waals surface area contributed by atoms with Crippen LogP contribution in [0.2, 0.25) is 0 Å². The molecule has 0 aliphatic heterocycles. The molecule has 0 saturated carbocycles. The summed E-state index contributed by atoms with van der Waals surface area (Å²) in [6.07, 6.45) is 1.43. The number of halogens is 3. The van der Waals surface area contributed by atoms with E-state index in [4.69, 9.17) is 20.8 Å². The van der Waals surface area contributed by atoms with Crippen molar-refractivity contribution >= 4 is 11.6 Å². The fourth-order valence-corrected chi connectivity index (χ4v) is 2.17. The van der Waals surface area contributed by atoms with Gasteiger partial charge in [-0.3, -0.25) is 0 Å². The zero-order chi connectivity index (χ0) is 13.3. The molecule has 0 fully saturated rings. The smallest absolute Gasteiger partial charge is 0.134 e. The van der Waals surface area contributed by atoms with E-state index in [9.17, 15) is 8.78 Å². The molecule has 0 aliphatic carbocycles. The highest BCUT2D eigenvalue weighted by Crippen LogP contribution is 2.36. The van der Waals surface area contributed by atoms with Crippen LogP contribution in [0.4, 0.5) is 8.78 Å². The van der Waals surface area contributed by atoms with E-state index in [-0.39, 0.29) is 11.3 Å². The summed E-state index contributed by atoms with van der Waals surface area (Å²) in [7, 11) is 1.34. The van der Waals surface area contributed by atoms with Crippen LogP contribution in [0.15, 0.2) is 28.9 Å². The van der Waals surface area contributed by atoms with Gasteiger partial charge in [-0.25, -0.2) is 8.78 Å². The third-order valence-corrected chi connectivity index (χ3v) is 3.17. The molecule has 0 spiro atoms. The number of hydrogen-bond acceptors (Lipinski definition) is 2. The fraction of sp³-hybridized carbons (Fsp3) is 0.231. The summed E-state index contributed by atoms with van der Waals surface area (Å²) >= 11 is 6.10. The second-order valence-electron chi connectivity index (χ2n) is 3.80. The number of methoxy groups -OCH3 is 1. The van der Waals surface area contributed by atoms with Crippen molar-refractivity contribution in [2.45, 2.75) is 12.3 Å². The minimum Gasteiger partial charge on any atom is -0.497 e. The zero-order valence-corrected chi connectivity index (χ0v) is 10.6. The Balaban J connectivity index is 2.48. The Morgan fingerprint density at radius 1 is 1.28 bits per heavy atom. The van der Waals surface area contributed by atoms with Crippen LogP contribution in [0.25, 0.3) is 0 Å². The topological polar surface area (TPSA) is 22.4 Å². The van der Waals surface area contributed by atoms with Gasteiger partial charge in [0.2, 0.25) is 0 Å². The van der Waals surface area contributed by atoms with Gasteiger partial charge in [-0.1, -0.05) is 0 Å². The molecule has 1 aromatic heterocycles. The van der Waals surface area contributed by atoms with Gasteiger partial charge in [-0.2, -0.15) is 0 Å². The van der Waals surface area contributed by atoms with Crippen LogP contribution in [0.5, 0.6) is 5.75 Å². The van der Waals surface area contributed by atoms with Gasteiger partial charge >= 0.3 is 0 Å². The molecule has 0 bridgehead atoms. The van der Waals surface area contributed by atoms with Gasteiger partial charge < -0.3 is 9.15 Å². The minimum atomic E-state index is -0.936. The molecule has 96 valence electrons. The molecule has 1 aromatic carbocycles. The van der Waals surface area contributed by atoms with E-state index in [0.29, 0.717) is 11.3 Å². The first-order valence-electron chi connectivity index (χ1n) is 5.25. The van der Waals surface area contributed by atoms with E-state index in [1.54, 1.807) is 13.0 Å². The van der Waals surface area contributed by atoms with E-state index < -0.39 is 17.0 Å². The van der Waals surface area contributed by atoms with Crippen molar-refractivity contribution < 1.29 is 17.9 Å². The van der Waals surface area contributed by atoms with Gasteiger partial charge in [0.25, 0.3) is 0 Å². The van der Waals surface area contributed by atoms with Crippen LogP contribution < -0.4 is 4.74 Å². The first kappa shape index (κ1) is 12.9. The van der Waals surface area contributed by atoms with E-state index in [1.807, 2.05) is 0 Å². The van der Waals surface area contributed by atoms with Gasteiger partial charge in [0.15, 0.2) is 0 Å². The molecule has 0 aliphatic rings. The van der Waals surface area contributed by atoms with Crippen LogP contribution in [0.3, 0.4) is 0 Å². The number of aryl methyl sites for hydroxylation is 1. The monoisotopic (exact) mass is 272 g/mol. The lowest BCUT2D eigenvalue weighted by Gasteiger charge is -2.12. The Kier molecular flexibility index (Phi) is 3.57. The number of ether oxygens (including phenoxy) is 1. The van der Waals surface area contributed by atoms with Crippen LogP contribution in [0, 0.1) is 18.6 Å². The average molecular weight is 273 g/mol. The Labute approximate surface area is 108 Å². The number of hydrogen-bond donors (Lipinski definition) is 0. The Hall–Kier alpha value is -1.55.